The van der Waals surface area contributed by atoms with Crippen LogP contribution >= 0.6 is 7.82 Å². The molecule has 10 nitrogen and oxygen atoms in total. The Balaban J connectivity index is 4.46. The first-order valence-corrected chi connectivity index (χ1v) is 22.5. The predicted octanol–water partition coefficient (Wildman–Crippen LogP) is 10.5. The van der Waals surface area contributed by atoms with Gasteiger partial charge in [0.1, 0.15) is 19.8 Å². The van der Waals surface area contributed by atoms with E-state index in [1.165, 1.54) is 51.4 Å². The van der Waals surface area contributed by atoms with E-state index >= 15 is 0 Å². The summed E-state index contributed by atoms with van der Waals surface area (Å²) in [4.78, 5) is 35.2. The maximum atomic E-state index is 12.6. The van der Waals surface area contributed by atoms with Gasteiger partial charge in [0.05, 0.1) is 27.7 Å². The van der Waals surface area contributed by atoms with Crippen molar-refractivity contribution in [1.82, 2.24) is 0 Å². The molecule has 0 bridgehead atoms. The predicted molar refractivity (Wildman–Crippen MR) is 221 cm³/mol. The lowest BCUT2D eigenvalue weighted by Gasteiger charge is -2.24. The van der Waals surface area contributed by atoms with Crippen LogP contribution in [0.4, 0.5) is 0 Å². The zero-order valence-corrected chi connectivity index (χ0v) is 35.5. The summed E-state index contributed by atoms with van der Waals surface area (Å²) in [7, 11) is 1.43. The summed E-state index contributed by atoms with van der Waals surface area (Å²) in [6, 6.07) is 0. The van der Waals surface area contributed by atoms with Crippen molar-refractivity contribution in [3.05, 3.63) is 48.6 Å². The molecule has 11 heteroatoms. The monoisotopic (exact) mass is 785 g/mol. The first-order chi connectivity index (χ1) is 26.0. The van der Waals surface area contributed by atoms with Gasteiger partial charge >= 0.3 is 19.8 Å². The molecule has 0 saturated heterocycles. The van der Waals surface area contributed by atoms with Crippen molar-refractivity contribution in [2.75, 3.05) is 54.1 Å². The molecule has 0 heterocycles. The summed E-state index contributed by atoms with van der Waals surface area (Å²) in [6.07, 6.45) is 38.9. The Kier molecular flexibility index (Phi) is 35.2. The normalized spacial score (nSPS) is 14.1. The Morgan fingerprint density at radius 3 is 1.63 bits per heavy atom. The summed E-state index contributed by atoms with van der Waals surface area (Å²) in [5.41, 5.74) is 0. The molecule has 0 aliphatic heterocycles. The SMILES string of the molecule is CCCCCCCCCCCCCCC(=O)O[C@H](COC(=O)CCC/C=C\C/C=C\C/C=C\C/C=C\CCCCCO)COP(=O)(O)OCC[N+](C)(C)C. The van der Waals surface area contributed by atoms with Crippen LogP contribution in [0.15, 0.2) is 48.6 Å². The molecule has 0 saturated carbocycles. The van der Waals surface area contributed by atoms with Crippen LogP contribution in [0.1, 0.15) is 155 Å². The molecule has 1 unspecified atom stereocenters. The smallest absolute Gasteiger partial charge is 0.462 e. The Morgan fingerprint density at radius 2 is 1.09 bits per heavy atom. The average molecular weight is 785 g/mol. The summed E-state index contributed by atoms with van der Waals surface area (Å²) in [5, 5.41) is 8.79. The molecule has 0 aromatic heterocycles. The fourth-order valence-electron chi connectivity index (χ4n) is 5.34. The number of unbranched alkanes of at least 4 members (excludes halogenated alkanes) is 15. The molecule has 0 aliphatic carbocycles. The van der Waals surface area contributed by atoms with E-state index < -0.39 is 32.5 Å². The average Bonchev–Trinajstić information content (AvgIpc) is 3.12. The van der Waals surface area contributed by atoms with Gasteiger partial charge in [-0.15, -0.1) is 0 Å². The number of aliphatic hydroxyl groups excluding tert-OH is 1. The fraction of sp³-hybridized carbons (Fsp3) is 0.767. The van der Waals surface area contributed by atoms with Crippen LogP contribution in [-0.4, -0.2) is 86.6 Å². The standard InChI is InChI=1S/C43H78NO9P/c1-5-6-7-8-9-10-11-19-23-26-29-32-35-43(47)53-41(40-52-54(48,49)51-38-36-44(2,3)4)39-50-42(46)34-31-28-25-22-20-17-15-13-12-14-16-18-21-24-27-30-33-37-45/h12,14-15,17-18,21-22,25,41,45H,5-11,13,16,19-20,23-24,26-40H2,1-4H3/p+1/b14-12-,17-15-,21-18-,25-22-/t41-/m1/s1. The number of carbonyl (C=O) groups excluding carboxylic acids is 2. The number of allylic oxidation sites excluding steroid dienone is 8. The largest absolute Gasteiger partial charge is 0.472 e. The number of phosphoric ester groups is 1. The van der Waals surface area contributed by atoms with Crippen LogP contribution in [-0.2, 0) is 32.7 Å². The number of phosphoric acid groups is 1. The molecule has 314 valence electrons. The van der Waals surface area contributed by atoms with Crippen LogP contribution < -0.4 is 0 Å². The van der Waals surface area contributed by atoms with E-state index in [0.717, 1.165) is 70.6 Å². The van der Waals surface area contributed by atoms with Gasteiger partial charge in [0.15, 0.2) is 6.10 Å². The number of likely N-dealkylation sites (N-methyl/N-ethyl adjacent to an activating group) is 1. The number of hydrogen-bond donors (Lipinski definition) is 2. The van der Waals surface area contributed by atoms with Gasteiger partial charge in [-0.05, 0) is 57.8 Å². The highest BCUT2D eigenvalue weighted by molar-refractivity contribution is 7.47. The molecular formula is C43H79NO9P+. The molecule has 0 fully saturated rings. The minimum absolute atomic E-state index is 0.0182. The van der Waals surface area contributed by atoms with Gasteiger partial charge in [0.2, 0.25) is 0 Å². The van der Waals surface area contributed by atoms with E-state index in [1.807, 2.05) is 27.2 Å². The van der Waals surface area contributed by atoms with Crippen molar-refractivity contribution in [2.24, 2.45) is 0 Å². The number of nitrogens with zero attached hydrogens (tertiary/aromatic N) is 1. The number of hydrogen-bond acceptors (Lipinski definition) is 8. The van der Waals surface area contributed by atoms with Crippen molar-refractivity contribution >= 4 is 19.8 Å². The number of aliphatic hydroxyl groups is 1. The maximum Gasteiger partial charge on any atom is 0.472 e. The Hall–Kier alpha value is -2.07. The highest BCUT2D eigenvalue weighted by atomic mass is 31.2. The zero-order valence-electron chi connectivity index (χ0n) is 34.6. The second-order valence-corrected chi connectivity index (χ2v) is 16.6. The molecule has 54 heavy (non-hydrogen) atoms. The van der Waals surface area contributed by atoms with Gasteiger partial charge in [0, 0.05) is 19.4 Å². The van der Waals surface area contributed by atoms with Crippen molar-refractivity contribution in [3.63, 3.8) is 0 Å². The lowest BCUT2D eigenvalue weighted by atomic mass is 10.0. The molecular weight excluding hydrogens is 705 g/mol. The number of quaternary nitrogens is 1. The molecule has 0 rings (SSSR count). The van der Waals surface area contributed by atoms with Crippen molar-refractivity contribution in [1.29, 1.82) is 0 Å². The second-order valence-electron chi connectivity index (χ2n) is 15.1. The van der Waals surface area contributed by atoms with Gasteiger partial charge in [-0.3, -0.25) is 18.6 Å². The third-order valence-corrected chi connectivity index (χ3v) is 9.65. The van der Waals surface area contributed by atoms with E-state index in [1.54, 1.807) is 0 Å². The van der Waals surface area contributed by atoms with Gasteiger partial charge < -0.3 is 24.0 Å². The van der Waals surface area contributed by atoms with E-state index in [-0.39, 0.29) is 32.7 Å². The van der Waals surface area contributed by atoms with E-state index in [9.17, 15) is 19.0 Å². The summed E-state index contributed by atoms with van der Waals surface area (Å²) in [6.45, 7) is 2.34. The van der Waals surface area contributed by atoms with E-state index in [4.69, 9.17) is 23.6 Å². The van der Waals surface area contributed by atoms with Gasteiger partial charge in [-0.1, -0.05) is 133 Å². The molecule has 2 atom stereocenters. The summed E-state index contributed by atoms with van der Waals surface area (Å²) < 4.78 is 34.1. The highest BCUT2D eigenvalue weighted by Gasteiger charge is 2.27. The van der Waals surface area contributed by atoms with Gasteiger partial charge in [0.25, 0.3) is 0 Å². The quantitative estimate of drug-likeness (QED) is 0.0207. The van der Waals surface area contributed by atoms with Crippen LogP contribution in [0.5, 0.6) is 0 Å². The summed E-state index contributed by atoms with van der Waals surface area (Å²) >= 11 is 0. The van der Waals surface area contributed by atoms with Crippen LogP contribution in [0.25, 0.3) is 0 Å². The zero-order chi connectivity index (χ0) is 40.0. The van der Waals surface area contributed by atoms with Crippen LogP contribution in [0.2, 0.25) is 0 Å². The Labute approximate surface area is 329 Å². The Bertz CT molecular complexity index is 1070. The Morgan fingerprint density at radius 1 is 0.611 bits per heavy atom. The number of rotatable bonds is 38. The molecule has 0 aliphatic rings. The molecule has 0 radical (unpaired) electrons. The maximum absolute atomic E-state index is 12.6. The first-order valence-electron chi connectivity index (χ1n) is 21.0. The van der Waals surface area contributed by atoms with Gasteiger partial charge in [-0.2, -0.15) is 0 Å². The molecule has 0 amide bonds. The number of esters is 2. The molecule has 0 spiro atoms. The topological polar surface area (TPSA) is 129 Å². The third kappa shape index (κ3) is 39.6. The molecule has 0 aromatic rings. The first kappa shape index (κ1) is 51.9. The highest BCUT2D eigenvalue weighted by Crippen LogP contribution is 2.43. The number of ether oxygens (including phenoxy) is 2. The third-order valence-electron chi connectivity index (χ3n) is 8.67. The van der Waals surface area contributed by atoms with Gasteiger partial charge in [-0.25, -0.2) is 4.57 Å². The van der Waals surface area contributed by atoms with E-state index in [0.29, 0.717) is 23.9 Å². The van der Waals surface area contributed by atoms with Crippen molar-refractivity contribution in [2.45, 2.75) is 161 Å². The second kappa shape index (κ2) is 36.6. The minimum atomic E-state index is -4.39. The lowest BCUT2D eigenvalue weighted by Crippen LogP contribution is -2.37. The van der Waals surface area contributed by atoms with E-state index in [2.05, 4.69) is 49.5 Å². The minimum Gasteiger partial charge on any atom is -0.462 e. The number of carbonyl (C=O) groups is 2. The van der Waals surface area contributed by atoms with Crippen LogP contribution in [0.3, 0.4) is 0 Å². The fourth-order valence-corrected chi connectivity index (χ4v) is 6.08. The van der Waals surface area contributed by atoms with Crippen LogP contribution in [0, 0.1) is 0 Å². The lowest BCUT2D eigenvalue weighted by molar-refractivity contribution is -0.870. The molecule has 2 N–H and O–H groups in total. The molecule has 0 aromatic carbocycles. The van der Waals surface area contributed by atoms with Crippen molar-refractivity contribution in [3.8, 4) is 0 Å². The summed E-state index contributed by atoms with van der Waals surface area (Å²) in [5.74, 6) is -0.880. The van der Waals surface area contributed by atoms with Crippen molar-refractivity contribution < 1.29 is 47.2 Å².